The van der Waals surface area contributed by atoms with Crippen LogP contribution in [-0.2, 0) is 6.42 Å². The fourth-order valence-corrected chi connectivity index (χ4v) is 4.82. The van der Waals surface area contributed by atoms with E-state index in [9.17, 15) is 10.2 Å². The summed E-state index contributed by atoms with van der Waals surface area (Å²) < 4.78 is 0. The van der Waals surface area contributed by atoms with Gasteiger partial charge in [-0.3, -0.25) is 0 Å². The first-order valence-corrected chi connectivity index (χ1v) is 8.72. The van der Waals surface area contributed by atoms with Crippen LogP contribution < -0.4 is 5.32 Å². The van der Waals surface area contributed by atoms with Gasteiger partial charge >= 0.3 is 0 Å². The molecule has 3 N–H and O–H groups in total. The van der Waals surface area contributed by atoms with Crippen molar-refractivity contribution >= 4 is 5.57 Å². The summed E-state index contributed by atoms with van der Waals surface area (Å²) in [6, 6.07) is 3.62. The number of phenolic OH excluding ortho intramolecular Hbond substituents is 2. The van der Waals surface area contributed by atoms with Crippen molar-refractivity contribution in [1.29, 1.82) is 0 Å². The van der Waals surface area contributed by atoms with Gasteiger partial charge in [-0.1, -0.05) is 30.9 Å². The lowest BCUT2D eigenvalue weighted by Crippen LogP contribution is -2.34. The second-order valence-corrected chi connectivity index (χ2v) is 7.10. The van der Waals surface area contributed by atoms with E-state index in [-0.39, 0.29) is 11.5 Å². The van der Waals surface area contributed by atoms with Gasteiger partial charge in [0.05, 0.1) is 0 Å². The van der Waals surface area contributed by atoms with Crippen LogP contribution in [0.2, 0.25) is 0 Å². The second kappa shape index (κ2) is 5.62. The topological polar surface area (TPSA) is 52.5 Å². The summed E-state index contributed by atoms with van der Waals surface area (Å²) in [4.78, 5) is 0. The van der Waals surface area contributed by atoms with E-state index in [4.69, 9.17) is 0 Å². The van der Waals surface area contributed by atoms with Gasteiger partial charge in [0.2, 0.25) is 0 Å². The number of nitrogens with one attached hydrogen (secondary N) is 1. The van der Waals surface area contributed by atoms with Crippen LogP contribution in [0.5, 0.6) is 11.5 Å². The molecule has 1 saturated carbocycles. The number of benzene rings is 1. The van der Waals surface area contributed by atoms with E-state index in [1.54, 1.807) is 11.6 Å². The minimum absolute atomic E-state index is 0.0222. The molecule has 1 aromatic carbocycles. The first kappa shape index (κ1) is 14.1. The maximum atomic E-state index is 10.4. The number of rotatable bonds is 1. The van der Waals surface area contributed by atoms with Crippen LogP contribution in [0, 0.1) is 11.8 Å². The fraction of sp³-hybridized carbons (Fsp3) is 0.579. The third kappa shape index (κ3) is 2.23. The van der Waals surface area contributed by atoms with Crippen molar-refractivity contribution in [2.24, 2.45) is 11.8 Å². The van der Waals surface area contributed by atoms with Gasteiger partial charge in [0.1, 0.15) is 0 Å². The summed E-state index contributed by atoms with van der Waals surface area (Å²) in [7, 11) is 0. The van der Waals surface area contributed by atoms with Crippen molar-refractivity contribution in [3.63, 3.8) is 0 Å². The van der Waals surface area contributed by atoms with Crippen LogP contribution in [0.4, 0.5) is 0 Å². The molecule has 1 atom stereocenters. The Bertz CT molecular complexity index is 614. The Morgan fingerprint density at radius 3 is 2.68 bits per heavy atom. The second-order valence-electron chi connectivity index (χ2n) is 7.10. The summed E-state index contributed by atoms with van der Waals surface area (Å²) in [6.07, 6.45) is 8.76. The number of hydrogen-bond acceptors (Lipinski definition) is 3. The van der Waals surface area contributed by atoms with Crippen LogP contribution in [0.3, 0.4) is 0 Å². The molecular formula is C19H25NO2. The lowest BCUT2D eigenvalue weighted by Gasteiger charge is -2.39. The van der Waals surface area contributed by atoms with Gasteiger partial charge in [-0.05, 0) is 61.3 Å². The molecule has 1 aromatic rings. The first-order chi connectivity index (χ1) is 10.8. The molecule has 3 nitrogen and oxygen atoms in total. The average molecular weight is 299 g/mol. The highest BCUT2D eigenvalue weighted by Crippen LogP contribution is 2.48. The van der Waals surface area contributed by atoms with Crippen molar-refractivity contribution in [3.05, 3.63) is 28.8 Å². The van der Waals surface area contributed by atoms with Crippen LogP contribution in [-0.4, -0.2) is 23.3 Å². The highest BCUT2D eigenvalue weighted by Gasteiger charge is 2.35. The van der Waals surface area contributed by atoms with Crippen LogP contribution >= 0.6 is 0 Å². The highest BCUT2D eigenvalue weighted by atomic mass is 16.3. The van der Waals surface area contributed by atoms with E-state index >= 15 is 0 Å². The molecule has 0 spiro atoms. The molecule has 1 unspecified atom stereocenters. The Morgan fingerprint density at radius 1 is 1.05 bits per heavy atom. The molecule has 0 aromatic heterocycles. The van der Waals surface area contributed by atoms with Gasteiger partial charge in [0.15, 0.2) is 11.5 Å². The molecule has 0 saturated heterocycles. The van der Waals surface area contributed by atoms with E-state index in [1.807, 2.05) is 6.07 Å². The molecule has 3 heteroatoms. The normalized spacial score (nSPS) is 25.7. The third-order valence-corrected chi connectivity index (χ3v) is 5.94. The zero-order valence-corrected chi connectivity index (χ0v) is 13.1. The lowest BCUT2D eigenvalue weighted by atomic mass is 9.67. The van der Waals surface area contributed by atoms with Crippen LogP contribution in [0.25, 0.3) is 5.57 Å². The summed E-state index contributed by atoms with van der Waals surface area (Å²) >= 11 is 0. The summed E-state index contributed by atoms with van der Waals surface area (Å²) in [5.74, 6) is 1.45. The summed E-state index contributed by atoms with van der Waals surface area (Å²) in [5, 5.41) is 23.7. The molecule has 118 valence electrons. The minimum Gasteiger partial charge on any atom is -0.504 e. The predicted molar refractivity (Wildman–Crippen MR) is 87.9 cm³/mol. The van der Waals surface area contributed by atoms with Crippen LogP contribution in [0.15, 0.2) is 17.7 Å². The fourth-order valence-electron chi connectivity index (χ4n) is 4.82. The molecule has 0 radical (unpaired) electrons. The van der Waals surface area contributed by atoms with E-state index in [0.717, 1.165) is 43.0 Å². The Hall–Kier alpha value is -1.48. The molecular weight excluding hydrogens is 274 g/mol. The van der Waals surface area contributed by atoms with Crippen LogP contribution in [0.1, 0.15) is 49.7 Å². The van der Waals surface area contributed by atoms with Crippen molar-refractivity contribution in [1.82, 2.24) is 5.32 Å². The standard InChI is InChI=1S/C19H25NO2/c21-18-7-6-13-16(19(18)22)10-15(12-4-2-1-3-5-12)14-8-9-20-11-17(13)14/h6-7,12,15,20-22H,1-5,8-11H2. The van der Waals surface area contributed by atoms with E-state index < -0.39 is 0 Å². The number of hydrogen-bond donors (Lipinski definition) is 3. The zero-order chi connectivity index (χ0) is 15.1. The van der Waals surface area contributed by atoms with Gasteiger partial charge < -0.3 is 15.5 Å². The molecule has 4 rings (SSSR count). The Labute approximate surface area is 132 Å². The van der Waals surface area contributed by atoms with Gasteiger partial charge in [-0.25, -0.2) is 0 Å². The molecule has 1 aliphatic heterocycles. The predicted octanol–water partition coefficient (Wildman–Crippen LogP) is 3.60. The smallest absolute Gasteiger partial charge is 0.161 e. The SMILES string of the molecule is Oc1ccc2c(c1O)CC(C1CCCCC1)C1=C2CNCC1. The number of phenols is 2. The molecule has 0 amide bonds. The quantitative estimate of drug-likeness (QED) is 0.695. The Morgan fingerprint density at radius 2 is 1.86 bits per heavy atom. The molecule has 3 aliphatic rings. The van der Waals surface area contributed by atoms with Gasteiger partial charge in [0.25, 0.3) is 0 Å². The third-order valence-electron chi connectivity index (χ3n) is 5.94. The molecule has 0 bridgehead atoms. The van der Waals surface area contributed by atoms with Crippen molar-refractivity contribution in [2.45, 2.75) is 44.9 Å². The molecule has 1 heterocycles. The van der Waals surface area contributed by atoms with E-state index in [1.165, 1.54) is 37.7 Å². The summed E-state index contributed by atoms with van der Waals surface area (Å²) in [5.41, 5.74) is 5.14. The molecule has 22 heavy (non-hydrogen) atoms. The van der Waals surface area contributed by atoms with Gasteiger partial charge in [0, 0.05) is 12.1 Å². The van der Waals surface area contributed by atoms with Crippen molar-refractivity contribution in [3.8, 4) is 11.5 Å². The van der Waals surface area contributed by atoms with Gasteiger partial charge in [-0.2, -0.15) is 0 Å². The van der Waals surface area contributed by atoms with Gasteiger partial charge in [-0.15, -0.1) is 0 Å². The number of aromatic hydroxyl groups is 2. The van der Waals surface area contributed by atoms with Crippen molar-refractivity contribution < 1.29 is 10.2 Å². The summed E-state index contributed by atoms with van der Waals surface area (Å²) in [6.45, 7) is 1.97. The maximum Gasteiger partial charge on any atom is 0.161 e. The van der Waals surface area contributed by atoms with E-state index in [0.29, 0.717) is 5.92 Å². The molecule has 2 aliphatic carbocycles. The Kier molecular flexibility index (Phi) is 3.61. The lowest BCUT2D eigenvalue weighted by molar-refractivity contribution is 0.265. The maximum absolute atomic E-state index is 10.4. The zero-order valence-electron chi connectivity index (χ0n) is 13.1. The Balaban J connectivity index is 1.79. The minimum atomic E-state index is 0.0222. The molecule has 1 fully saturated rings. The highest BCUT2D eigenvalue weighted by molar-refractivity contribution is 5.78. The number of fused-ring (bicyclic) bond motifs is 2. The largest absolute Gasteiger partial charge is 0.504 e. The first-order valence-electron chi connectivity index (χ1n) is 8.72. The van der Waals surface area contributed by atoms with Crippen molar-refractivity contribution in [2.75, 3.05) is 13.1 Å². The monoisotopic (exact) mass is 299 g/mol. The average Bonchev–Trinajstić information content (AvgIpc) is 2.58. The van der Waals surface area contributed by atoms with E-state index in [2.05, 4.69) is 5.32 Å².